The molecule has 2 aliphatic heterocycles. The molecule has 1 amide bonds. The van der Waals surface area contributed by atoms with Crippen molar-refractivity contribution < 1.29 is 13.2 Å². The molecule has 0 aliphatic carbocycles. The van der Waals surface area contributed by atoms with Gasteiger partial charge in [0.25, 0.3) is 5.91 Å². The molecule has 9 heteroatoms. The third-order valence-electron chi connectivity index (χ3n) is 8.18. The molecule has 0 saturated carbocycles. The molecule has 39 heavy (non-hydrogen) atoms. The molecule has 3 heterocycles. The van der Waals surface area contributed by atoms with E-state index in [0.29, 0.717) is 28.2 Å². The number of likely N-dealkylation sites (tertiary alicyclic amines) is 2. The number of carbonyl (C=O) groups excluding carboxylic acids is 1. The Morgan fingerprint density at radius 3 is 2.36 bits per heavy atom. The number of nitrogens with zero attached hydrogens (tertiary/aromatic N) is 3. The van der Waals surface area contributed by atoms with Crippen LogP contribution in [0.25, 0.3) is 0 Å². The molecule has 2 N–H and O–H groups in total. The zero-order valence-corrected chi connectivity index (χ0v) is 23.8. The Balaban J connectivity index is 1.10. The van der Waals surface area contributed by atoms with Crippen molar-refractivity contribution in [1.82, 2.24) is 14.8 Å². The second kappa shape index (κ2) is 11.7. The monoisotopic (exact) mass is 566 g/mol. The lowest BCUT2D eigenvalue weighted by molar-refractivity contribution is 0.0552. The first-order chi connectivity index (χ1) is 18.7. The molecule has 2 fully saturated rings. The van der Waals surface area contributed by atoms with Crippen LogP contribution in [-0.4, -0.2) is 61.3 Å². The highest BCUT2D eigenvalue weighted by Gasteiger charge is 2.30. The maximum Gasteiger partial charge on any atom is 0.255 e. The van der Waals surface area contributed by atoms with Gasteiger partial charge in [-0.3, -0.25) is 9.78 Å². The number of aromatic nitrogens is 1. The number of nitrogens with two attached hydrogens (primary N) is 1. The highest BCUT2D eigenvalue weighted by molar-refractivity contribution is 7.91. The van der Waals surface area contributed by atoms with Gasteiger partial charge in [0.1, 0.15) is 0 Å². The average molecular weight is 567 g/mol. The van der Waals surface area contributed by atoms with Crippen molar-refractivity contribution in [3.05, 3.63) is 82.6 Å². The fourth-order valence-electron chi connectivity index (χ4n) is 5.75. The van der Waals surface area contributed by atoms with Gasteiger partial charge in [0.05, 0.1) is 15.4 Å². The Kier molecular flexibility index (Phi) is 8.26. The Labute approximate surface area is 235 Å². The van der Waals surface area contributed by atoms with Crippen LogP contribution in [0.1, 0.15) is 47.3 Å². The average Bonchev–Trinajstić information content (AvgIpc) is 2.95. The number of rotatable bonds is 6. The van der Waals surface area contributed by atoms with Gasteiger partial charge in [-0.25, -0.2) is 8.42 Å². The maximum atomic E-state index is 13.0. The Morgan fingerprint density at radius 1 is 0.974 bits per heavy atom. The molecule has 5 rings (SSSR count). The van der Waals surface area contributed by atoms with E-state index in [4.69, 9.17) is 17.3 Å². The van der Waals surface area contributed by atoms with E-state index in [1.54, 1.807) is 24.3 Å². The number of sulfone groups is 1. The molecule has 0 spiro atoms. The summed E-state index contributed by atoms with van der Waals surface area (Å²) >= 11 is 5.98. The van der Waals surface area contributed by atoms with Gasteiger partial charge in [-0.1, -0.05) is 29.8 Å². The summed E-state index contributed by atoms with van der Waals surface area (Å²) < 4.78 is 25.8. The molecule has 1 aromatic heterocycles. The van der Waals surface area contributed by atoms with Crippen molar-refractivity contribution in [1.29, 1.82) is 0 Å². The number of pyridine rings is 1. The summed E-state index contributed by atoms with van der Waals surface area (Å²) in [6.07, 6.45) is 6.43. The first kappa shape index (κ1) is 27.6. The van der Waals surface area contributed by atoms with Crippen molar-refractivity contribution in [3.8, 4) is 0 Å². The van der Waals surface area contributed by atoms with Crippen LogP contribution in [0.5, 0.6) is 0 Å². The quantitative estimate of drug-likeness (QED) is 0.421. The molecule has 2 saturated heterocycles. The van der Waals surface area contributed by atoms with Crippen molar-refractivity contribution in [3.63, 3.8) is 0 Å². The lowest BCUT2D eigenvalue weighted by Crippen LogP contribution is -2.49. The van der Waals surface area contributed by atoms with E-state index in [0.717, 1.165) is 69.5 Å². The molecule has 0 radical (unpaired) electrons. The Bertz CT molecular complexity index is 1430. The predicted octanol–water partition coefficient (Wildman–Crippen LogP) is 5.02. The topological polar surface area (TPSA) is 96.6 Å². The number of para-hydroxylation sites is 1. The highest BCUT2D eigenvalue weighted by atomic mass is 35.5. The standard InChI is InChI=1S/C30H35ClN4O3S/c1-21-4-2-7-28(29(21)32)30(36)35-16-12-25(13-17-35)34-14-10-22(11-15-34)18-24-8-9-27(20-33-24)39(37,38)26-6-3-5-23(31)19-26/h2-9,19-20,22,25H,10-18,32H2,1H3. The second-order valence-electron chi connectivity index (χ2n) is 10.7. The lowest BCUT2D eigenvalue weighted by Gasteiger charge is -2.42. The van der Waals surface area contributed by atoms with Gasteiger partial charge in [-0.05, 0) is 100.0 Å². The van der Waals surface area contributed by atoms with E-state index >= 15 is 0 Å². The number of nitrogen functional groups attached to an aromatic ring is 1. The zero-order chi connectivity index (χ0) is 27.6. The summed E-state index contributed by atoms with van der Waals surface area (Å²) in [5.41, 5.74) is 9.21. The number of carbonyl (C=O) groups is 1. The Hall–Kier alpha value is -2.94. The van der Waals surface area contributed by atoms with Crippen LogP contribution in [0.15, 0.2) is 70.6 Å². The number of halogens is 1. The van der Waals surface area contributed by atoms with Gasteiger partial charge >= 0.3 is 0 Å². The van der Waals surface area contributed by atoms with E-state index in [1.165, 1.54) is 12.3 Å². The largest absolute Gasteiger partial charge is 0.398 e. The molecule has 206 valence electrons. The van der Waals surface area contributed by atoms with E-state index < -0.39 is 9.84 Å². The van der Waals surface area contributed by atoms with Gasteiger partial charge in [0.15, 0.2) is 0 Å². The summed E-state index contributed by atoms with van der Waals surface area (Å²) in [5.74, 6) is 0.558. The molecule has 0 atom stereocenters. The summed E-state index contributed by atoms with van der Waals surface area (Å²) in [4.78, 5) is 22.4. The number of hydrogen-bond acceptors (Lipinski definition) is 6. The van der Waals surface area contributed by atoms with Crippen LogP contribution in [0.4, 0.5) is 5.69 Å². The van der Waals surface area contributed by atoms with Gasteiger partial charge in [-0.2, -0.15) is 0 Å². The predicted molar refractivity (Wildman–Crippen MR) is 154 cm³/mol. The number of aryl methyl sites for hydroxylation is 1. The number of benzene rings is 2. The molecule has 3 aromatic rings. The zero-order valence-electron chi connectivity index (χ0n) is 22.2. The van der Waals surface area contributed by atoms with Gasteiger partial charge < -0.3 is 15.5 Å². The highest BCUT2D eigenvalue weighted by Crippen LogP contribution is 2.28. The molecule has 7 nitrogen and oxygen atoms in total. The van der Waals surface area contributed by atoms with Crippen LogP contribution in [0, 0.1) is 12.8 Å². The summed E-state index contributed by atoms with van der Waals surface area (Å²) in [7, 11) is -3.64. The number of anilines is 1. The molecular formula is C30H35ClN4O3S. The van der Waals surface area contributed by atoms with Crippen molar-refractivity contribution in [2.75, 3.05) is 31.9 Å². The first-order valence-electron chi connectivity index (χ1n) is 13.6. The minimum atomic E-state index is -3.64. The fourth-order valence-corrected chi connectivity index (χ4v) is 7.26. The lowest BCUT2D eigenvalue weighted by atomic mass is 9.90. The second-order valence-corrected chi connectivity index (χ2v) is 13.1. The van der Waals surface area contributed by atoms with E-state index in [9.17, 15) is 13.2 Å². The normalized spacial score (nSPS) is 17.8. The summed E-state index contributed by atoms with van der Waals surface area (Å²) in [6.45, 7) is 5.52. The molecular weight excluding hydrogens is 532 g/mol. The van der Waals surface area contributed by atoms with Gasteiger partial charge in [0.2, 0.25) is 9.84 Å². The van der Waals surface area contributed by atoms with Crippen LogP contribution in [-0.2, 0) is 16.3 Å². The van der Waals surface area contributed by atoms with Crippen molar-refractivity contribution >= 4 is 33.0 Å². The minimum Gasteiger partial charge on any atom is -0.398 e. The van der Waals surface area contributed by atoms with Crippen LogP contribution in [0.2, 0.25) is 5.02 Å². The number of piperidine rings is 2. The fraction of sp³-hybridized carbons (Fsp3) is 0.400. The maximum absolute atomic E-state index is 13.0. The van der Waals surface area contributed by atoms with E-state index in [1.807, 2.05) is 36.1 Å². The molecule has 2 aliphatic rings. The van der Waals surface area contributed by atoms with E-state index in [2.05, 4.69) is 9.88 Å². The number of hydrogen-bond donors (Lipinski definition) is 1. The van der Waals surface area contributed by atoms with Gasteiger partial charge in [0, 0.05) is 41.7 Å². The summed E-state index contributed by atoms with van der Waals surface area (Å²) in [5, 5.41) is 0.387. The van der Waals surface area contributed by atoms with Crippen LogP contribution >= 0.6 is 11.6 Å². The third-order valence-corrected chi connectivity index (χ3v) is 10.2. The van der Waals surface area contributed by atoms with E-state index in [-0.39, 0.29) is 15.7 Å². The SMILES string of the molecule is Cc1cccc(C(=O)N2CCC(N3CCC(Cc4ccc(S(=O)(=O)c5cccc(Cl)c5)cn4)CC3)CC2)c1N. The first-order valence-corrected chi connectivity index (χ1v) is 15.4. The number of amides is 1. The molecule has 0 bridgehead atoms. The Morgan fingerprint density at radius 2 is 1.69 bits per heavy atom. The third kappa shape index (κ3) is 6.13. The summed E-state index contributed by atoms with van der Waals surface area (Å²) in [6, 6.07) is 15.9. The smallest absolute Gasteiger partial charge is 0.255 e. The van der Waals surface area contributed by atoms with Crippen LogP contribution in [0.3, 0.4) is 0 Å². The van der Waals surface area contributed by atoms with Crippen molar-refractivity contribution in [2.45, 2.75) is 54.9 Å². The van der Waals surface area contributed by atoms with Gasteiger partial charge in [-0.15, -0.1) is 0 Å². The molecule has 0 unspecified atom stereocenters. The molecule has 2 aromatic carbocycles. The minimum absolute atomic E-state index is 0.0345. The van der Waals surface area contributed by atoms with Crippen LogP contribution < -0.4 is 5.73 Å². The van der Waals surface area contributed by atoms with Crippen molar-refractivity contribution in [2.24, 2.45) is 5.92 Å².